The maximum Gasteiger partial charge on any atom is 0.160 e. The van der Waals surface area contributed by atoms with Crippen molar-refractivity contribution in [1.82, 2.24) is 14.5 Å². The molecule has 0 bridgehead atoms. The van der Waals surface area contributed by atoms with E-state index < -0.39 is 0 Å². The molecule has 3 heterocycles. The van der Waals surface area contributed by atoms with Gasteiger partial charge >= 0.3 is 0 Å². The van der Waals surface area contributed by atoms with Gasteiger partial charge in [0.2, 0.25) is 0 Å². The Labute approximate surface area is 383 Å². The molecule has 0 spiro atoms. The summed E-state index contributed by atoms with van der Waals surface area (Å²) in [5.41, 5.74) is 15.5. The number of aryl methyl sites for hydroxylation is 1. The monoisotopic (exact) mass is 852 g/mol. The highest BCUT2D eigenvalue weighted by atomic mass is 32.2. The highest BCUT2D eigenvalue weighted by Gasteiger charge is 2.28. The zero-order valence-electron chi connectivity index (χ0n) is 36.2. The number of allylic oxidation sites excluding steroid dienone is 6. The third-order valence-electron chi connectivity index (χ3n) is 12.8. The van der Waals surface area contributed by atoms with Gasteiger partial charge in [0.15, 0.2) is 5.82 Å². The first-order chi connectivity index (χ1) is 32.1. The zero-order chi connectivity index (χ0) is 43.4. The molecule has 65 heavy (non-hydrogen) atoms. The van der Waals surface area contributed by atoms with Crippen LogP contribution < -0.4 is 4.90 Å². The number of rotatable bonds is 7. The maximum atomic E-state index is 5.42. The third-order valence-corrected chi connectivity index (χ3v) is 14.0. The molecule has 0 N–H and O–H groups in total. The Kier molecular flexibility index (Phi) is 9.65. The van der Waals surface area contributed by atoms with Gasteiger partial charge in [-0.2, -0.15) is 0 Å². The quantitative estimate of drug-likeness (QED) is 0.160. The van der Waals surface area contributed by atoms with Crippen molar-refractivity contribution in [3.63, 3.8) is 0 Å². The lowest BCUT2D eigenvalue weighted by atomic mass is 9.99. The average Bonchev–Trinajstić information content (AvgIpc) is 3.53. The molecular weight excluding hydrogens is 809 g/mol. The summed E-state index contributed by atoms with van der Waals surface area (Å²) in [5, 5.41) is 5.96. The van der Waals surface area contributed by atoms with Crippen molar-refractivity contribution >= 4 is 72.7 Å². The molecular formula is C60H44N4S. The fourth-order valence-corrected chi connectivity index (χ4v) is 10.9. The summed E-state index contributed by atoms with van der Waals surface area (Å²) in [6.07, 6.45) is 15.1. The average molecular weight is 853 g/mol. The smallest absolute Gasteiger partial charge is 0.160 e. The molecule has 2 aliphatic rings. The van der Waals surface area contributed by atoms with E-state index in [-0.39, 0.29) is 0 Å². The van der Waals surface area contributed by atoms with Gasteiger partial charge in [-0.25, -0.2) is 9.97 Å². The number of benzene rings is 8. The molecule has 12 rings (SSSR count). The second kappa shape index (κ2) is 16.1. The molecule has 0 radical (unpaired) electrons. The van der Waals surface area contributed by atoms with Crippen LogP contribution in [0.4, 0.5) is 11.4 Å². The van der Waals surface area contributed by atoms with E-state index in [4.69, 9.17) is 9.97 Å². The van der Waals surface area contributed by atoms with Crippen LogP contribution in [0.5, 0.6) is 0 Å². The summed E-state index contributed by atoms with van der Waals surface area (Å²) in [5.74, 6) is 0.700. The van der Waals surface area contributed by atoms with Crippen LogP contribution in [-0.4, -0.2) is 14.5 Å². The number of nitrogens with zero attached hydrogens (tertiary/aromatic N) is 4. The molecule has 4 nitrogen and oxygen atoms in total. The molecule has 0 unspecified atom stereocenters. The number of para-hydroxylation sites is 2. The Morgan fingerprint density at radius 1 is 0.646 bits per heavy atom. The van der Waals surface area contributed by atoms with Crippen molar-refractivity contribution in [2.75, 3.05) is 4.90 Å². The van der Waals surface area contributed by atoms with Crippen LogP contribution in [-0.2, 0) is 0 Å². The lowest BCUT2D eigenvalue weighted by molar-refractivity contribution is 1.12. The number of hydrogen-bond acceptors (Lipinski definition) is 4. The van der Waals surface area contributed by atoms with E-state index in [1.807, 2.05) is 11.8 Å². The fraction of sp³-hybridized carbons (Fsp3) is 0.0667. The number of anilines is 2. The van der Waals surface area contributed by atoms with Gasteiger partial charge in [-0.05, 0) is 90.2 Å². The number of hydrogen-bond donors (Lipinski definition) is 0. The second-order valence-corrected chi connectivity index (χ2v) is 17.9. The highest BCUT2D eigenvalue weighted by Crippen LogP contribution is 2.51. The van der Waals surface area contributed by atoms with Crippen LogP contribution in [0.15, 0.2) is 216 Å². The van der Waals surface area contributed by atoms with Gasteiger partial charge in [0, 0.05) is 59.6 Å². The molecule has 2 aromatic heterocycles. The van der Waals surface area contributed by atoms with Crippen molar-refractivity contribution in [3.8, 4) is 39.5 Å². The standard InChI is InChI=1S/C60H44N4S/c1-3-4-25-46-39(2)31-34-50-57(41-19-8-5-9-20-41)61-60(62-58(46)50)43-21-16-24-45(37-43)64-52-35-32-40-18-14-15-26-47(40)56(52)49-28-17-27-48(59(49)64)42-33-36-55-53(38-42)63(44-22-10-6-11-23-44)51-29-12-7-13-30-54(51)65-55/h4-29,31-38H,3,30H2,1-2H3/b25-4-. The van der Waals surface area contributed by atoms with Crippen molar-refractivity contribution in [2.24, 2.45) is 0 Å². The maximum absolute atomic E-state index is 5.42. The number of fused-ring (bicyclic) bond motifs is 7. The molecule has 5 heteroatoms. The summed E-state index contributed by atoms with van der Waals surface area (Å²) in [4.78, 5) is 15.8. The van der Waals surface area contributed by atoms with E-state index in [1.165, 1.54) is 53.9 Å². The van der Waals surface area contributed by atoms with Gasteiger partial charge < -0.3 is 9.47 Å². The first kappa shape index (κ1) is 38.9. The molecule has 10 aromatic rings. The fourth-order valence-electron chi connectivity index (χ4n) is 9.78. The molecule has 0 fully saturated rings. The number of aromatic nitrogens is 3. The van der Waals surface area contributed by atoms with E-state index in [0.29, 0.717) is 5.82 Å². The molecule has 1 aliphatic heterocycles. The van der Waals surface area contributed by atoms with E-state index in [9.17, 15) is 0 Å². The summed E-state index contributed by atoms with van der Waals surface area (Å²) in [6.45, 7) is 4.34. The van der Waals surface area contributed by atoms with Gasteiger partial charge in [-0.15, -0.1) is 0 Å². The lowest BCUT2D eigenvalue weighted by Crippen LogP contribution is -2.20. The van der Waals surface area contributed by atoms with Gasteiger partial charge in [-0.1, -0.05) is 176 Å². The topological polar surface area (TPSA) is 34.0 Å². The van der Waals surface area contributed by atoms with E-state index in [1.54, 1.807) is 0 Å². The lowest BCUT2D eigenvalue weighted by Gasteiger charge is -2.34. The van der Waals surface area contributed by atoms with Crippen LogP contribution in [0, 0.1) is 6.92 Å². The Morgan fingerprint density at radius 2 is 1.43 bits per heavy atom. The van der Waals surface area contributed by atoms with E-state index in [2.05, 4.69) is 230 Å². The van der Waals surface area contributed by atoms with Gasteiger partial charge in [0.05, 0.1) is 33.6 Å². The van der Waals surface area contributed by atoms with Gasteiger partial charge in [0.25, 0.3) is 0 Å². The Morgan fingerprint density at radius 3 is 2.31 bits per heavy atom. The molecule has 0 amide bonds. The summed E-state index contributed by atoms with van der Waals surface area (Å²) >= 11 is 1.88. The van der Waals surface area contributed by atoms with Crippen molar-refractivity contribution in [1.29, 1.82) is 0 Å². The van der Waals surface area contributed by atoms with Crippen molar-refractivity contribution in [2.45, 2.75) is 31.6 Å². The zero-order valence-corrected chi connectivity index (χ0v) is 37.1. The van der Waals surface area contributed by atoms with E-state index in [0.717, 1.165) is 74.1 Å². The van der Waals surface area contributed by atoms with Crippen LogP contribution in [0.1, 0.15) is 30.9 Å². The van der Waals surface area contributed by atoms with Crippen LogP contribution in [0.2, 0.25) is 0 Å². The highest BCUT2D eigenvalue weighted by molar-refractivity contribution is 8.03. The Balaban J connectivity index is 1.10. The minimum Gasteiger partial charge on any atom is -0.309 e. The van der Waals surface area contributed by atoms with Gasteiger partial charge in [-0.3, -0.25) is 0 Å². The molecule has 310 valence electrons. The largest absolute Gasteiger partial charge is 0.309 e. The summed E-state index contributed by atoms with van der Waals surface area (Å²) in [7, 11) is 0. The molecule has 0 atom stereocenters. The van der Waals surface area contributed by atoms with Crippen LogP contribution in [0.3, 0.4) is 0 Å². The normalized spacial score (nSPS) is 13.7. The first-order valence-electron chi connectivity index (χ1n) is 22.5. The second-order valence-electron chi connectivity index (χ2n) is 16.8. The summed E-state index contributed by atoms with van der Waals surface area (Å²) in [6, 6.07) is 61.7. The molecule has 8 aromatic carbocycles. The van der Waals surface area contributed by atoms with Gasteiger partial charge in [0.1, 0.15) is 0 Å². The SMILES string of the molecule is CC/C=C\c1c(C)ccc2c(-c3ccccc3)nc(-c3cccc(-n4c5ccc6ccccc6c5c5cccc(-c6ccc7c(c6)N(c6ccccc6)C6=C(CC=CC=C6)S7)c54)c3)nc12. The summed E-state index contributed by atoms with van der Waals surface area (Å²) < 4.78 is 2.47. The molecule has 0 saturated heterocycles. The predicted molar refractivity (Wildman–Crippen MR) is 276 cm³/mol. The van der Waals surface area contributed by atoms with Crippen molar-refractivity contribution in [3.05, 3.63) is 222 Å². The molecule has 0 saturated carbocycles. The molecule has 1 aliphatic carbocycles. The third kappa shape index (κ3) is 6.62. The minimum absolute atomic E-state index is 0.700. The van der Waals surface area contributed by atoms with Crippen LogP contribution in [0.25, 0.3) is 89.0 Å². The van der Waals surface area contributed by atoms with Crippen molar-refractivity contribution < 1.29 is 0 Å². The Bertz CT molecular complexity index is 3650. The minimum atomic E-state index is 0.700. The Hall–Kier alpha value is -7.73. The number of thioether (sulfide) groups is 1. The predicted octanol–water partition coefficient (Wildman–Crippen LogP) is 16.6. The van der Waals surface area contributed by atoms with Crippen LogP contribution >= 0.6 is 11.8 Å². The first-order valence-corrected chi connectivity index (χ1v) is 23.3. The van der Waals surface area contributed by atoms with E-state index >= 15 is 0 Å².